The first kappa shape index (κ1) is 7.74. The molecule has 0 aliphatic carbocycles. The first-order chi connectivity index (χ1) is 2.91. The van der Waals surface area contributed by atoms with E-state index in [1.165, 1.54) is 0 Å². The van der Waals surface area contributed by atoms with E-state index in [9.17, 15) is 0 Å². The highest BCUT2D eigenvalue weighted by atomic mass is 33.5. The van der Waals surface area contributed by atoms with Crippen molar-refractivity contribution in [3.63, 3.8) is 0 Å². The van der Waals surface area contributed by atoms with Crippen LogP contribution in [0.5, 0.6) is 0 Å². The minimum absolute atomic E-state index is 0.935. The lowest BCUT2D eigenvalue weighted by atomic mass is 29.9. The summed E-state index contributed by atoms with van der Waals surface area (Å²) in [5, 5.41) is 0. The highest BCUT2D eigenvalue weighted by molar-refractivity contribution is 9.12. The van der Waals surface area contributed by atoms with Gasteiger partial charge in [0.2, 0.25) is 0 Å². The normalized spacial score (nSPS) is 10.0. The fourth-order valence-corrected chi connectivity index (χ4v) is 6.61. The van der Waals surface area contributed by atoms with E-state index in [1.54, 1.807) is 20.8 Å². The van der Waals surface area contributed by atoms with Crippen LogP contribution in [0, 0.1) is 0 Å². The molecule has 0 bridgehead atoms. The molecule has 0 atom stereocenters. The van der Waals surface area contributed by atoms with Crippen molar-refractivity contribution in [2.75, 3.05) is 0 Å². The van der Waals surface area contributed by atoms with Gasteiger partial charge in [0.25, 0.3) is 0 Å². The van der Waals surface area contributed by atoms with Gasteiger partial charge in [-0.1, -0.05) is 0 Å². The van der Waals surface area contributed by atoms with Crippen LogP contribution in [0.15, 0.2) is 0 Å². The molecule has 6 heavy (non-hydrogen) atoms. The Balaban J connectivity index is 2.66. The lowest BCUT2D eigenvalue weighted by molar-refractivity contribution is 5.61. The van der Waals surface area contributed by atoms with Crippen LogP contribution >= 0.6 is 33.9 Å². The van der Waals surface area contributed by atoms with Crippen LogP contribution in [0.1, 0.15) is 0 Å². The summed E-state index contributed by atoms with van der Waals surface area (Å²) in [6.07, 6.45) is 0. The van der Waals surface area contributed by atoms with E-state index < -0.39 is 0 Å². The Bertz CT molecular complexity index is 41.5. The Morgan fingerprint density at radius 2 is 1.33 bits per heavy atom. The maximum Gasteiger partial charge on any atom is 0.0553 e. The molecule has 0 unspecified atom stereocenters. The van der Waals surface area contributed by atoms with E-state index >= 15 is 0 Å². The molecule has 0 amide bonds. The molecule has 0 aromatic heterocycles. The monoisotopic (exact) mass is 190 g/mol. The first-order valence-corrected chi connectivity index (χ1v) is 8.07. The second kappa shape index (κ2) is 6.74. The second-order valence-corrected chi connectivity index (χ2v) is 8.05. The first-order valence-electron chi connectivity index (χ1n) is 0.897. The third kappa shape index (κ3) is 5.74. The van der Waals surface area contributed by atoms with E-state index in [-0.39, 0.29) is 0 Å². The maximum absolute atomic E-state index is 4.58. The molecule has 0 aromatic rings. The molecular weight excluding hydrogens is 190 g/mol. The molecule has 0 spiro atoms. The second-order valence-electron chi connectivity index (χ2n) is 0.298. The Morgan fingerprint density at radius 3 is 1.50 bits per heavy atom. The summed E-state index contributed by atoms with van der Waals surface area (Å²) in [5.41, 5.74) is 0. The average molecular weight is 190 g/mol. The smallest absolute Gasteiger partial charge is 0.0441 e. The van der Waals surface area contributed by atoms with Crippen LogP contribution in [0.2, 0.25) is 0 Å². The summed E-state index contributed by atoms with van der Waals surface area (Å²) < 4.78 is 0. The van der Waals surface area contributed by atoms with Gasteiger partial charge in [-0.25, -0.2) is 0 Å². The third-order valence-corrected chi connectivity index (χ3v) is 7.63. The summed E-state index contributed by atoms with van der Waals surface area (Å²) in [7, 11) is 3.19. The van der Waals surface area contributed by atoms with E-state index in [0.717, 1.165) is 13.1 Å². The molecule has 6 heteroatoms. The van der Waals surface area contributed by atoms with Gasteiger partial charge in [0.1, 0.15) is 0 Å². The Hall–Kier alpha value is 1.74. The van der Waals surface area contributed by atoms with Crippen LogP contribution in [0.25, 0.3) is 0 Å². The van der Waals surface area contributed by atoms with Gasteiger partial charge in [-0.2, -0.15) is 0 Å². The lowest BCUT2D eigenvalue weighted by Gasteiger charge is -1.70. The van der Waals surface area contributed by atoms with E-state index in [1.807, 2.05) is 0 Å². The van der Waals surface area contributed by atoms with Gasteiger partial charge in [-0.3, -0.25) is 0 Å². The molecule has 0 saturated heterocycles. The van der Waals surface area contributed by atoms with Crippen molar-refractivity contribution < 1.29 is 0 Å². The topological polar surface area (TPSA) is 0 Å². The van der Waals surface area contributed by atoms with Gasteiger partial charge >= 0.3 is 0 Å². The van der Waals surface area contributed by atoms with Crippen molar-refractivity contribution in [3.05, 3.63) is 0 Å². The molecule has 0 aliphatic heterocycles. The highest BCUT2D eigenvalue weighted by Gasteiger charge is 1.72. The minimum atomic E-state index is 0.935. The molecule has 0 saturated carbocycles. The third-order valence-electron chi connectivity index (χ3n) is 0.0942. The molecule has 0 heterocycles. The van der Waals surface area contributed by atoms with Gasteiger partial charge in [0.15, 0.2) is 0 Å². The van der Waals surface area contributed by atoms with Crippen molar-refractivity contribution >= 4 is 57.6 Å². The predicted octanol–water partition coefficient (Wildman–Crippen LogP) is 3.01. The molecule has 0 fully saturated rings. The van der Waals surface area contributed by atoms with Crippen molar-refractivity contribution in [1.29, 1.82) is 0 Å². The maximum atomic E-state index is 4.58. The van der Waals surface area contributed by atoms with Gasteiger partial charge < -0.3 is 0 Å². The molecule has 0 rings (SSSR count). The number of hydrogen-bond acceptors (Lipinski definition) is 4. The van der Waals surface area contributed by atoms with Crippen molar-refractivity contribution in [2.45, 2.75) is 0 Å². The zero-order chi connectivity index (χ0) is 4.83. The molecular formula is P2S4. The molecule has 0 radical (unpaired) electrons. The zero-order valence-electron chi connectivity index (χ0n) is 2.53. The Labute approximate surface area is 57.4 Å². The fourth-order valence-electron chi connectivity index (χ4n) is 0.0272. The minimum Gasteiger partial charge on any atom is -0.0441 e. The van der Waals surface area contributed by atoms with Crippen LogP contribution in [0.4, 0.5) is 0 Å². The van der Waals surface area contributed by atoms with Gasteiger partial charge in [0, 0.05) is 0 Å². The number of hydrogen-bond donors (Lipinski definition) is 0. The van der Waals surface area contributed by atoms with Gasteiger partial charge in [-0.05, 0) is 44.4 Å². The SMILES string of the molecule is S=PSSP=S. The largest absolute Gasteiger partial charge is 0.0553 e. The zero-order valence-corrected chi connectivity index (χ0v) is 7.58. The fraction of sp³-hybridized carbons (Fsp3) is 0. The standard InChI is InChI=1S/P2S4/c3-1-5-6-2-4. The average Bonchev–Trinajstić information content (AvgIpc) is 1.61. The van der Waals surface area contributed by atoms with E-state index in [0.29, 0.717) is 0 Å². The molecule has 0 nitrogen and oxygen atoms in total. The van der Waals surface area contributed by atoms with Crippen LogP contribution in [0.3, 0.4) is 0 Å². The van der Waals surface area contributed by atoms with Gasteiger partial charge in [-0.15, -0.1) is 0 Å². The lowest BCUT2D eigenvalue weighted by Crippen LogP contribution is -1.05. The van der Waals surface area contributed by atoms with Crippen LogP contribution in [-0.2, 0) is 23.6 Å². The van der Waals surface area contributed by atoms with Crippen LogP contribution in [-0.4, -0.2) is 0 Å². The summed E-state index contributed by atoms with van der Waals surface area (Å²) >= 11 is 9.16. The van der Waals surface area contributed by atoms with Crippen molar-refractivity contribution in [1.82, 2.24) is 0 Å². The van der Waals surface area contributed by atoms with E-state index in [2.05, 4.69) is 23.6 Å². The summed E-state index contributed by atoms with van der Waals surface area (Å²) in [6, 6.07) is 0. The molecule has 0 aliphatic rings. The number of rotatable bonds is 3. The highest BCUT2D eigenvalue weighted by Crippen LogP contribution is 2.40. The Morgan fingerprint density at radius 1 is 1.00 bits per heavy atom. The summed E-state index contributed by atoms with van der Waals surface area (Å²) in [4.78, 5) is 0. The van der Waals surface area contributed by atoms with Gasteiger partial charge in [0.05, 0.1) is 13.1 Å². The van der Waals surface area contributed by atoms with Crippen molar-refractivity contribution in [3.8, 4) is 0 Å². The Kier molecular flexibility index (Phi) is 8.69. The van der Waals surface area contributed by atoms with Crippen molar-refractivity contribution in [2.24, 2.45) is 0 Å². The van der Waals surface area contributed by atoms with Crippen LogP contribution < -0.4 is 0 Å². The molecule has 0 N–H and O–H groups in total. The quantitative estimate of drug-likeness (QED) is 0.381. The molecule has 34 valence electrons. The summed E-state index contributed by atoms with van der Waals surface area (Å²) in [5.74, 6) is 0. The molecule has 0 aromatic carbocycles. The summed E-state index contributed by atoms with van der Waals surface area (Å²) in [6.45, 7) is 1.87. The predicted molar refractivity (Wildman–Crippen MR) is 43.8 cm³/mol. The van der Waals surface area contributed by atoms with E-state index in [4.69, 9.17) is 0 Å².